The predicted molar refractivity (Wildman–Crippen MR) is 83.0 cm³/mol. The van der Waals surface area contributed by atoms with Crippen molar-refractivity contribution in [2.24, 2.45) is 5.73 Å². The lowest BCUT2D eigenvalue weighted by Crippen LogP contribution is -2.16. The largest absolute Gasteiger partial charge is 0.481 e. The van der Waals surface area contributed by atoms with Gasteiger partial charge in [-0.1, -0.05) is 23.7 Å². The van der Waals surface area contributed by atoms with Gasteiger partial charge in [-0.25, -0.2) is 4.98 Å². The SMILES string of the molecule is NC[C@H](CC(=O)O)c1ccc(Cl)c(Nc2ccccn2)c1. The number of carboxylic acids is 1. The first-order chi connectivity index (χ1) is 10.1. The molecule has 0 aliphatic rings. The van der Waals surface area contributed by atoms with Crippen LogP contribution in [0.25, 0.3) is 0 Å². The molecule has 1 heterocycles. The highest BCUT2D eigenvalue weighted by molar-refractivity contribution is 6.33. The molecular formula is C15H16ClN3O2. The first-order valence-corrected chi connectivity index (χ1v) is 6.87. The summed E-state index contributed by atoms with van der Waals surface area (Å²) in [6.07, 6.45) is 1.66. The lowest BCUT2D eigenvalue weighted by atomic mass is 9.95. The lowest BCUT2D eigenvalue weighted by molar-refractivity contribution is -0.137. The third kappa shape index (κ3) is 4.18. The van der Waals surface area contributed by atoms with E-state index >= 15 is 0 Å². The zero-order valence-electron chi connectivity index (χ0n) is 11.3. The molecule has 0 amide bonds. The summed E-state index contributed by atoms with van der Waals surface area (Å²) >= 11 is 6.16. The van der Waals surface area contributed by atoms with E-state index in [0.717, 1.165) is 5.56 Å². The van der Waals surface area contributed by atoms with Crippen LogP contribution >= 0.6 is 11.6 Å². The summed E-state index contributed by atoms with van der Waals surface area (Å²) < 4.78 is 0. The third-order valence-electron chi connectivity index (χ3n) is 3.09. The van der Waals surface area contributed by atoms with Crippen LogP contribution in [0, 0.1) is 0 Å². The van der Waals surface area contributed by atoms with Crippen molar-refractivity contribution in [3.05, 3.63) is 53.2 Å². The molecule has 21 heavy (non-hydrogen) atoms. The number of aliphatic carboxylic acids is 1. The highest BCUT2D eigenvalue weighted by atomic mass is 35.5. The number of rotatable bonds is 6. The van der Waals surface area contributed by atoms with Crippen molar-refractivity contribution < 1.29 is 9.90 Å². The molecule has 0 bridgehead atoms. The monoisotopic (exact) mass is 305 g/mol. The fourth-order valence-electron chi connectivity index (χ4n) is 2.02. The van der Waals surface area contributed by atoms with Crippen molar-refractivity contribution in [2.45, 2.75) is 12.3 Å². The zero-order valence-corrected chi connectivity index (χ0v) is 12.0. The Kier molecular flexibility index (Phi) is 5.14. The van der Waals surface area contributed by atoms with Gasteiger partial charge in [0.1, 0.15) is 5.82 Å². The molecule has 6 heteroatoms. The minimum absolute atomic E-state index is 0.0127. The number of nitrogens with zero attached hydrogens (tertiary/aromatic N) is 1. The van der Waals surface area contributed by atoms with E-state index in [4.69, 9.17) is 22.4 Å². The van der Waals surface area contributed by atoms with Crippen LogP contribution in [0.3, 0.4) is 0 Å². The number of halogens is 1. The van der Waals surface area contributed by atoms with Crippen LogP contribution in [-0.2, 0) is 4.79 Å². The second-order valence-electron chi connectivity index (χ2n) is 4.61. The first-order valence-electron chi connectivity index (χ1n) is 6.49. The first kappa shape index (κ1) is 15.3. The Morgan fingerprint density at radius 3 is 2.81 bits per heavy atom. The number of carbonyl (C=O) groups is 1. The molecule has 0 aliphatic carbocycles. The Morgan fingerprint density at radius 2 is 2.19 bits per heavy atom. The summed E-state index contributed by atoms with van der Waals surface area (Å²) in [7, 11) is 0. The molecule has 5 nitrogen and oxygen atoms in total. The van der Waals surface area contributed by atoms with Gasteiger partial charge in [0.2, 0.25) is 0 Å². The number of nitrogens with one attached hydrogen (secondary N) is 1. The summed E-state index contributed by atoms with van der Waals surface area (Å²) in [6.45, 7) is 0.261. The van der Waals surface area contributed by atoms with Crippen molar-refractivity contribution in [2.75, 3.05) is 11.9 Å². The molecule has 1 atom stereocenters. The number of nitrogens with two attached hydrogens (primary N) is 1. The van der Waals surface area contributed by atoms with E-state index in [1.165, 1.54) is 0 Å². The molecule has 1 aromatic carbocycles. The highest BCUT2D eigenvalue weighted by Gasteiger charge is 2.15. The molecule has 0 saturated carbocycles. The van der Waals surface area contributed by atoms with Gasteiger partial charge in [-0.3, -0.25) is 4.79 Å². The van der Waals surface area contributed by atoms with Gasteiger partial charge >= 0.3 is 5.97 Å². The van der Waals surface area contributed by atoms with Crippen LogP contribution in [0.1, 0.15) is 17.9 Å². The van der Waals surface area contributed by atoms with Crippen molar-refractivity contribution >= 4 is 29.1 Å². The summed E-state index contributed by atoms with van der Waals surface area (Å²) in [6, 6.07) is 10.8. The Labute approximate surface area is 127 Å². The van der Waals surface area contributed by atoms with Gasteiger partial charge in [0.05, 0.1) is 17.1 Å². The molecule has 2 rings (SSSR count). The van der Waals surface area contributed by atoms with Crippen molar-refractivity contribution in [3.8, 4) is 0 Å². The second kappa shape index (κ2) is 7.06. The van der Waals surface area contributed by atoms with Crippen LogP contribution in [-0.4, -0.2) is 22.6 Å². The van der Waals surface area contributed by atoms with E-state index in [9.17, 15) is 4.79 Å². The van der Waals surface area contributed by atoms with Gasteiger partial charge in [-0.15, -0.1) is 0 Å². The third-order valence-corrected chi connectivity index (χ3v) is 3.42. The molecular weight excluding hydrogens is 290 g/mol. The van der Waals surface area contributed by atoms with E-state index in [0.29, 0.717) is 16.5 Å². The zero-order chi connectivity index (χ0) is 15.2. The average Bonchev–Trinajstić information content (AvgIpc) is 2.48. The average molecular weight is 306 g/mol. The van der Waals surface area contributed by atoms with Gasteiger partial charge in [0.25, 0.3) is 0 Å². The molecule has 0 spiro atoms. The van der Waals surface area contributed by atoms with E-state index in [-0.39, 0.29) is 18.9 Å². The van der Waals surface area contributed by atoms with Gasteiger partial charge in [-0.05, 0) is 36.4 Å². The van der Waals surface area contributed by atoms with E-state index < -0.39 is 5.97 Å². The number of anilines is 2. The molecule has 0 fully saturated rings. The number of aromatic nitrogens is 1. The molecule has 0 saturated heterocycles. The maximum Gasteiger partial charge on any atom is 0.304 e. The van der Waals surface area contributed by atoms with Gasteiger partial charge in [0, 0.05) is 12.1 Å². The topological polar surface area (TPSA) is 88.2 Å². The number of pyridine rings is 1. The number of benzene rings is 1. The molecule has 2 aromatic rings. The predicted octanol–water partition coefficient (Wildman–Crippen LogP) is 3.00. The molecule has 4 N–H and O–H groups in total. The van der Waals surface area contributed by atoms with Crippen LogP contribution in [0.15, 0.2) is 42.6 Å². The summed E-state index contributed by atoms with van der Waals surface area (Å²) in [4.78, 5) is 15.0. The quantitative estimate of drug-likeness (QED) is 0.763. The summed E-state index contributed by atoms with van der Waals surface area (Å²) in [5, 5.41) is 12.6. The Bertz CT molecular complexity index is 620. The Hall–Kier alpha value is -2.11. The highest BCUT2D eigenvalue weighted by Crippen LogP contribution is 2.29. The number of hydrogen-bond acceptors (Lipinski definition) is 4. The van der Waals surface area contributed by atoms with Crippen molar-refractivity contribution in [3.63, 3.8) is 0 Å². The standard InChI is InChI=1S/C15H16ClN3O2/c16-12-5-4-10(11(9-17)8-15(20)21)7-13(12)19-14-3-1-2-6-18-14/h1-7,11H,8-9,17H2,(H,18,19)(H,20,21)/t11-/m0/s1. The van der Waals surface area contributed by atoms with Crippen LogP contribution in [0.2, 0.25) is 5.02 Å². The molecule has 110 valence electrons. The van der Waals surface area contributed by atoms with Gasteiger partial charge in [0.15, 0.2) is 0 Å². The summed E-state index contributed by atoms with van der Waals surface area (Å²) in [5.41, 5.74) is 7.18. The number of carboxylic acid groups (broad SMARTS) is 1. The van der Waals surface area contributed by atoms with Crippen molar-refractivity contribution in [1.82, 2.24) is 4.98 Å². The number of hydrogen-bond donors (Lipinski definition) is 3. The lowest BCUT2D eigenvalue weighted by Gasteiger charge is -2.15. The van der Waals surface area contributed by atoms with Crippen molar-refractivity contribution in [1.29, 1.82) is 0 Å². The van der Waals surface area contributed by atoms with Crippen LogP contribution < -0.4 is 11.1 Å². The smallest absolute Gasteiger partial charge is 0.304 e. The second-order valence-corrected chi connectivity index (χ2v) is 5.02. The van der Waals surface area contributed by atoms with E-state index in [2.05, 4.69) is 10.3 Å². The summed E-state index contributed by atoms with van der Waals surface area (Å²) in [5.74, 6) is -0.456. The van der Waals surface area contributed by atoms with Crippen LogP contribution in [0.5, 0.6) is 0 Å². The normalized spacial score (nSPS) is 11.9. The molecule has 1 aromatic heterocycles. The van der Waals surface area contributed by atoms with E-state index in [1.807, 2.05) is 24.3 Å². The maximum absolute atomic E-state index is 10.9. The van der Waals surface area contributed by atoms with Crippen LogP contribution in [0.4, 0.5) is 11.5 Å². The van der Waals surface area contributed by atoms with Gasteiger partial charge < -0.3 is 16.2 Å². The Balaban J connectivity index is 2.26. The minimum atomic E-state index is -0.875. The fourth-order valence-corrected chi connectivity index (χ4v) is 2.18. The Morgan fingerprint density at radius 1 is 1.38 bits per heavy atom. The molecule has 0 unspecified atom stereocenters. The minimum Gasteiger partial charge on any atom is -0.481 e. The van der Waals surface area contributed by atoms with Gasteiger partial charge in [-0.2, -0.15) is 0 Å². The van der Waals surface area contributed by atoms with E-state index in [1.54, 1.807) is 18.3 Å². The molecule has 0 aliphatic heterocycles. The molecule has 0 radical (unpaired) electrons. The fraction of sp³-hybridized carbons (Fsp3) is 0.200. The maximum atomic E-state index is 10.9.